The first-order valence-electron chi connectivity index (χ1n) is 6.79. The second-order valence-corrected chi connectivity index (χ2v) is 6.01. The highest BCUT2D eigenvalue weighted by Crippen LogP contribution is 2.26. The molecule has 3 nitrogen and oxygen atoms in total. The number of nitrogens with zero attached hydrogens (tertiary/aromatic N) is 2. The van der Waals surface area contributed by atoms with Crippen molar-refractivity contribution in [2.75, 3.05) is 0 Å². The molecule has 0 fully saturated rings. The zero-order valence-electron chi connectivity index (χ0n) is 12.0. The number of hydrogen-bond acceptors (Lipinski definition) is 3. The fourth-order valence-electron chi connectivity index (χ4n) is 2.33. The van der Waals surface area contributed by atoms with E-state index in [1.807, 2.05) is 48.1 Å². The number of benzene rings is 2. The van der Waals surface area contributed by atoms with Crippen molar-refractivity contribution >= 4 is 28.4 Å². The summed E-state index contributed by atoms with van der Waals surface area (Å²) < 4.78 is 1.92. The molecule has 0 aliphatic carbocycles. The number of carbonyl (C=O) groups excluding carboxylic acids is 1. The summed E-state index contributed by atoms with van der Waals surface area (Å²) in [5.41, 5.74) is 3.00. The number of carbonyl (C=O) groups is 1. The molecular weight excluding hydrogens is 280 g/mol. The molecule has 0 N–H and O–H groups in total. The van der Waals surface area contributed by atoms with Gasteiger partial charge < -0.3 is 0 Å². The minimum Gasteiger partial charge on any atom is -0.295 e. The monoisotopic (exact) mass is 296 g/mol. The minimum atomic E-state index is 0.0993. The summed E-state index contributed by atoms with van der Waals surface area (Å²) >= 11 is 1.73. The Hall–Kier alpha value is -2.07. The molecule has 106 valence electrons. The van der Waals surface area contributed by atoms with Crippen LogP contribution in [-0.4, -0.2) is 15.6 Å². The third-order valence-electron chi connectivity index (χ3n) is 3.47. The van der Waals surface area contributed by atoms with Crippen LogP contribution in [-0.2, 0) is 12.8 Å². The predicted molar refractivity (Wildman–Crippen MR) is 86.7 cm³/mol. The van der Waals surface area contributed by atoms with E-state index in [-0.39, 0.29) is 5.78 Å². The smallest absolute Gasteiger partial charge is 0.159 e. The first-order valence-corrected chi connectivity index (χ1v) is 7.78. The standard InChI is InChI=1S/C17H16N2OS/c1-12(20)13-7-9-14(10-8-13)21-11-16-15-5-3-4-6-17(15)19(2)18-16/h3-10H,11H2,1-2H3. The van der Waals surface area contributed by atoms with E-state index in [1.54, 1.807) is 18.7 Å². The Morgan fingerprint density at radius 1 is 1.14 bits per heavy atom. The van der Waals surface area contributed by atoms with E-state index in [0.717, 1.165) is 27.4 Å². The van der Waals surface area contributed by atoms with Gasteiger partial charge in [0, 0.05) is 28.6 Å². The fraction of sp³-hybridized carbons (Fsp3) is 0.176. The van der Waals surface area contributed by atoms with E-state index in [9.17, 15) is 4.79 Å². The lowest BCUT2D eigenvalue weighted by Crippen LogP contribution is -1.91. The quantitative estimate of drug-likeness (QED) is 0.538. The highest BCUT2D eigenvalue weighted by Gasteiger charge is 2.08. The molecule has 1 heterocycles. The maximum atomic E-state index is 11.3. The van der Waals surface area contributed by atoms with Crippen LogP contribution in [0.25, 0.3) is 10.9 Å². The lowest BCUT2D eigenvalue weighted by atomic mass is 10.2. The van der Waals surface area contributed by atoms with Crippen LogP contribution in [0, 0.1) is 0 Å². The Morgan fingerprint density at radius 3 is 2.57 bits per heavy atom. The van der Waals surface area contributed by atoms with Crippen LogP contribution in [0.5, 0.6) is 0 Å². The number of aryl methyl sites for hydroxylation is 1. The normalized spacial score (nSPS) is 11.0. The van der Waals surface area contributed by atoms with Crippen LogP contribution in [0.2, 0.25) is 0 Å². The molecule has 1 aromatic heterocycles. The Labute approximate surface area is 128 Å². The fourth-order valence-corrected chi connectivity index (χ4v) is 3.18. The molecule has 2 aromatic carbocycles. The van der Waals surface area contributed by atoms with Crippen LogP contribution in [0.4, 0.5) is 0 Å². The molecule has 0 radical (unpaired) electrons. The Balaban J connectivity index is 1.79. The van der Waals surface area contributed by atoms with Gasteiger partial charge in [-0.25, -0.2) is 0 Å². The first-order chi connectivity index (χ1) is 10.1. The van der Waals surface area contributed by atoms with Crippen LogP contribution < -0.4 is 0 Å². The van der Waals surface area contributed by atoms with Gasteiger partial charge in [-0.3, -0.25) is 9.48 Å². The van der Waals surface area contributed by atoms with Crippen molar-refractivity contribution in [1.82, 2.24) is 9.78 Å². The average Bonchev–Trinajstić information content (AvgIpc) is 2.83. The van der Waals surface area contributed by atoms with E-state index in [4.69, 9.17) is 0 Å². The third-order valence-corrected chi connectivity index (χ3v) is 4.49. The molecule has 0 saturated heterocycles. The molecule has 0 atom stereocenters. The minimum absolute atomic E-state index is 0.0993. The van der Waals surface area contributed by atoms with Crippen molar-refractivity contribution in [2.24, 2.45) is 7.05 Å². The summed E-state index contributed by atoms with van der Waals surface area (Å²) in [4.78, 5) is 12.4. The highest BCUT2D eigenvalue weighted by molar-refractivity contribution is 7.98. The van der Waals surface area contributed by atoms with Crippen molar-refractivity contribution in [2.45, 2.75) is 17.6 Å². The second kappa shape index (κ2) is 5.74. The number of fused-ring (bicyclic) bond motifs is 1. The van der Waals surface area contributed by atoms with Gasteiger partial charge in [0.15, 0.2) is 5.78 Å². The maximum absolute atomic E-state index is 11.3. The van der Waals surface area contributed by atoms with E-state index < -0.39 is 0 Å². The summed E-state index contributed by atoms with van der Waals surface area (Å²) in [6.07, 6.45) is 0. The number of Topliss-reactive ketones (excluding diaryl/α,β-unsaturated/α-hetero) is 1. The second-order valence-electron chi connectivity index (χ2n) is 4.96. The molecule has 0 spiro atoms. The maximum Gasteiger partial charge on any atom is 0.159 e. The number of thioether (sulfide) groups is 1. The summed E-state index contributed by atoms with van der Waals surface area (Å²) in [7, 11) is 1.97. The molecule has 0 unspecified atom stereocenters. The predicted octanol–water partition coefficient (Wildman–Crippen LogP) is 4.07. The summed E-state index contributed by atoms with van der Waals surface area (Å²) in [6.45, 7) is 1.59. The SMILES string of the molecule is CC(=O)c1ccc(SCc2nn(C)c3ccccc23)cc1. The average molecular weight is 296 g/mol. The molecule has 0 aliphatic rings. The molecule has 0 saturated carbocycles. The summed E-state index contributed by atoms with van der Waals surface area (Å²) in [5.74, 6) is 0.920. The molecule has 4 heteroatoms. The Bertz CT molecular complexity index is 790. The van der Waals surface area contributed by atoms with E-state index >= 15 is 0 Å². The lowest BCUT2D eigenvalue weighted by molar-refractivity contribution is 0.101. The van der Waals surface area contributed by atoms with Crippen molar-refractivity contribution in [3.05, 3.63) is 59.8 Å². The Kier molecular flexibility index (Phi) is 3.80. The van der Waals surface area contributed by atoms with E-state index in [0.29, 0.717) is 0 Å². The van der Waals surface area contributed by atoms with Crippen LogP contribution in [0.3, 0.4) is 0 Å². The highest BCUT2D eigenvalue weighted by atomic mass is 32.2. The zero-order valence-corrected chi connectivity index (χ0v) is 12.9. The van der Waals surface area contributed by atoms with Crippen molar-refractivity contribution in [3.63, 3.8) is 0 Å². The third kappa shape index (κ3) is 2.85. The summed E-state index contributed by atoms with van der Waals surface area (Å²) in [5, 5.41) is 5.79. The molecule has 0 aliphatic heterocycles. The molecule has 3 rings (SSSR count). The van der Waals surface area contributed by atoms with Crippen molar-refractivity contribution in [1.29, 1.82) is 0 Å². The van der Waals surface area contributed by atoms with Crippen molar-refractivity contribution in [3.8, 4) is 0 Å². The van der Waals surface area contributed by atoms with E-state index in [1.165, 1.54) is 5.39 Å². The number of hydrogen-bond donors (Lipinski definition) is 0. The number of rotatable bonds is 4. The molecule has 3 aromatic rings. The first kappa shape index (κ1) is 13.9. The van der Waals surface area contributed by atoms with Gasteiger partial charge in [-0.1, -0.05) is 30.3 Å². The van der Waals surface area contributed by atoms with Gasteiger partial charge in [0.1, 0.15) is 0 Å². The number of ketones is 1. The largest absolute Gasteiger partial charge is 0.295 e. The van der Waals surface area contributed by atoms with Gasteiger partial charge in [-0.2, -0.15) is 5.10 Å². The lowest BCUT2D eigenvalue weighted by Gasteiger charge is -2.01. The van der Waals surface area contributed by atoms with Crippen LogP contribution in [0.15, 0.2) is 53.4 Å². The Morgan fingerprint density at radius 2 is 1.86 bits per heavy atom. The van der Waals surface area contributed by atoms with Gasteiger partial charge in [0.25, 0.3) is 0 Å². The van der Waals surface area contributed by atoms with E-state index in [2.05, 4.69) is 17.2 Å². The van der Waals surface area contributed by atoms with Gasteiger partial charge in [-0.15, -0.1) is 11.8 Å². The number of aromatic nitrogens is 2. The number of para-hydroxylation sites is 1. The topological polar surface area (TPSA) is 34.9 Å². The molecule has 0 amide bonds. The van der Waals surface area contributed by atoms with Crippen LogP contribution in [0.1, 0.15) is 23.0 Å². The van der Waals surface area contributed by atoms with Crippen LogP contribution >= 0.6 is 11.8 Å². The van der Waals surface area contributed by atoms with Gasteiger partial charge in [0.05, 0.1) is 11.2 Å². The van der Waals surface area contributed by atoms with Gasteiger partial charge in [-0.05, 0) is 25.1 Å². The summed E-state index contributed by atoms with van der Waals surface area (Å²) in [6, 6.07) is 16.0. The molecule has 21 heavy (non-hydrogen) atoms. The zero-order chi connectivity index (χ0) is 14.8. The molecule has 0 bridgehead atoms. The molecular formula is C17H16N2OS. The van der Waals surface area contributed by atoms with Gasteiger partial charge in [0.2, 0.25) is 0 Å². The van der Waals surface area contributed by atoms with Gasteiger partial charge >= 0.3 is 0 Å². The van der Waals surface area contributed by atoms with Crippen molar-refractivity contribution < 1.29 is 4.79 Å².